The van der Waals surface area contributed by atoms with Crippen LogP contribution in [0.15, 0.2) is 65.8 Å². The molecule has 0 aliphatic heterocycles. The zero-order valence-corrected chi connectivity index (χ0v) is 12.4. The first kappa shape index (κ1) is 13.8. The van der Waals surface area contributed by atoms with Gasteiger partial charge in [-0.1, -0.05) is 60.7 Å². The van der Waals surface area contributed by atoms with Crippen LogP contribution in [-0.2, 0) is 0 Å². The van der Waals surface area contributed by atoms with Crippen molar-refractivity contribution in [2.45, 2.75) is 18.9 Å². The van der Waals surface area contributed by atoms with E-state index in [1.54, 1.807) is 0 Å². The first-order valence-electron chi connectivity index (χ1n) is 7.08. The molecule has 0 radical (unpaired) electrons. The summed E-state index contributed by atoms with van der Waals surface area (Å²) in [6.45, 7) is 0. The van der Waals surface area contributed by atoms with Crippen molar-refractivity contribution in [3.63, 3.8) is 0 Å². The molecule has 0 bridgehead atoms. The summed E-state index contributed by atoms with van der Waals surface area (Å²) in [5.74, 6) is 0. The van der Waals surface area contributed by atoms with E-state index in [1.165, 1.54) is 12.8 Å². The molecule has 1 fully saturated rings. The third-order valence-corrected chi connectivity index (χ3v) is 3.49. The van der Waals surface area contributed by atoms with Crippen LogP contribution in [-0.4, -0.2) is 16.9 Å². The van der Waals surface area contributed by atoms with E-state index in [0.29, 0.717) is 11.2 Å². The Bertz CT molecular complexity index is 592. The predicted octanol–water partition coefficient (Wildman–Crippen LogP) is 3.07. The number of nitrogens with zero attached hydrogens (tertiary/aromatic N) is 1. The highest BCUT2D eigenvalue weighted by molar-refractivity contribution is 7.80. The van der Waals surface area contributed by atoms with E-state index >= 15 is 0 Å². The molecule has 1 aliphatic rings. The summed E-state index contributed by atoms with van der Waals surface area (Å²) in [7, 11) is 0. The topological polar surface area (TPSA) is 36.4 Å². The Morgan fingerprint density at radius 2 is 1.43 bits per heavy atom. The summed E-state index contributed by atoms with van der Waals surface area (Å²) in [6.07, 6.45) is 2.38. The Morgan fingerprint density at radius 1 is 0.905 bits per heavy atom. The third kappa shape index (κ3) is 3.89. The predicted molar refractivity (Wildman–Crippen MR) is 90.4 cm³/mol. The molecule has 2 aromatic rings. The lowest BCUT2D eigenvalue weighted by Crippen LogP contribution is -2.34. The van der Waals surface area contributed by atoms with Gasteiger partial charge in [0.05, 0.1) is 5.71 Å². The summed E-state index contributed by atoms with van der Waals surface area (Å²) in [5.41, 5.74) is 5.97. The van der Waals surface area contributed by atoms with Crippen molar-refractivity contribution in [2.75, 3.05) is 0 Å². The Morgan fingerprint density at radius 3 is 1.90 bits per heavy atom. The van der Waals surface area contributed by atoms with Gasteiger partial charge < -0.3 is 5.32 Å². The van der Waals surface area contributed by atoms with Gasteiger partial charge >= 0.3 is 0 Å². The zero-order chi connectivity index (χ0) is 14.5. The van der Waals surface area contributed by atoms with Crippen molar-refractivity contribution in [3.05, 3.63) is 71.8 Å². The highest BCUT2D eigenvalue weighted by atomic mass is 32.1. The highest BCUT2D eigenvalue weighted by Gasteiger charge is 2.21. The second kappa shape index (κ2) is 6.50. The Labute approximate surface area is 130 Å². The molecule has 0 atom stereocenters. The molecule has 3 rings (SSSR count). The molecule has 0 aromatic heterocycles. The van der Waals surface area contributed by atoms with Crippen LogP contribution in [0.4, 0.5) is 0 Å². The van der Waals surface area contributed by atoms with E-state index in [0.717, 1.165) is 16.8 Å². The monoisotopic (exact) mass is 295 g/mol. The fraction of sp³-hybridized carbons (Fsp3) is 0.176. The van der Waals surface area contributed by atoms with Crippen LogP contribution in [0.1, 0.15) is 24.0 Å². The first-order valence-corrected chi connectivity index (χ1v) is 7.49. The number of hydrazone groups is 1. The van der Waals surface area contributed by atoms with Crippen molar-refractivity contribution in [3.8, 4) is 0 Å². The maximum Gasteiger partial charge on any atom is 0.187 e. The zero-order valence-electron chi connectivity index (χ0n) is 11.6. The minimum Gasteiger partial charge on any atom is -0.359 e. The fourth-order valence-corrected chi connectivity index (χ4v) is 2.25. The van der Waals surface area contributed by atoms with Crippen molar-refractivity contribution >= 4 is 23.0 Å². The van der Waals surface area contributed by atoms with Crippen molar-refractivity contribution in [1.29, 1.82) is 0 Å². The molecule has 0 saturated heterocycles. The van der Waals surface area contributed by atoms with Gasteiger partial charge in [-0.05, 0) is 25.1 Å². The lowest BCUT2D eigenvalue weighted by Gasteiger charge is -2.10. The molecule has 0 heterocycles. The van der Waals surface area contributed by atoms with Crippen LogP contribution in [0, 0.1) is 0 Å². The van der Waals surface area contributed by atoms with E-state index in [1.807, 2.05) is 60.7 Å². The average Bonchev–Trinajstić information content (AvgIpc) is 3.33. The number of rotatable bonds is 4. The van der Waals surface area contributed by atoms with E-state index < -0.39 is 0 Å². The number of nitrogens with one attached hydrogen (secondary N) is 2. The van der Waals surface area contributed by atoms with Gasteiger partial charge in [0.2, 0.25) is 0 Å². The normalized spacial score (nSPS) is 13.3. The number of thiocarbonyl (C=S) groups is 1. The molecule has 0 amide bonds. The fourth-order valence-electron chi connectivity index (χ4n) is 2.04. The van der Waals surface area contributed by atoms with Gasteiger partial charge in [0.1, 0.15) is 0 Å². The van der Waals surface area contributed by atoms with Gasteiger partial charge in [-0.25, -0.2) is 0 Å². The molecule has 106 valence electrons. The molecule has 2 N–H and O–H groups in total. The lowest BCUT2D eigenvalue weighted by molar-refractivity contribution is 0.861. The molecule has 0 spiro atoms. The van der Waals surface area contributed by atoms with Gasteiger partial charge in [0, 0.05) is 17.2 Å². The molecule has 0 unspecified atom stereocenters. The number of benzene rings is 2. The summed E-state index contributed by atoms with van der Waals surface area (Å²) < 4.78 is 0. The second-order valence-corrected chi connectivity index (χ2v) is 5.46. The smallest absolute Gasteiger partial charge is 0.187 e. The third-order valence-electron chi connectivity index (χ3n) is 3.28. The molecular formula is C17H17N3S. The maximum absolute atomic E-state index is 5.26. The Kier molecular flexibility index (Phi) is 4.26. The number of hydrogen-bond acceptors (Lipinski definition) is 2. The van der Waals surface area contributed by atoms with Crippen LogP contribution >= 0.6 is 12.2 Å². The minimum absolute atomic E-state index is 0.525. The molecule has 1 saturated carbocycles. The Balaban J connectivity index is 1.83. The molecule has 21 heavy (non-hydrogen) atoms. The van der Waals surface area contributed by atoms with Crippen LogP contribution in [0.25, 0.3) is 0 Å². The summed E-state index contributed by atoms with van der Waals surface area (Å²) in [5, 5.41) is 8.32. The van der Waals surface area contributed by atoms with Crippen LogP contribution in [0.3, 0.4) is 0 Å². The van der Waals surface area contributed by atoms with Crippen LogP contribution in [0.2, 0.25) is 0 Å². The van der Waals surface area contributed by atoms with Gasteiger partial charge in [0.15, 0.2) is 5.11 Å². The average molecular weight is 295 g/mol. The quantitative estimate of drug-likeness (QED) is 0.517. The molecule has 3 nitrogen and oxygen atoms in total. The van der Waals surface area contributed by atoms with Gasteiger partial charge in [-0.3, -0.25) is 5.43 Å². The van der Waals surface area contributed by atoms with Crippen molar-refractivity contribution < 1.29 is 0 Å². The standard InChI is InChI=1S/C17H17N3S/c21-17(18-15-11-12-15)20-19-16(13-7-3-1-4-8-13)14-9-5-2-6-10-14/h1-10,15H,11-12H2,(H2,18,20,21). The van der Waals surface area contributed by atoms with Crippen molar-refractivity contribution in [1.82, 2.24) is 10.7 Å². The number of hydrogen-bond donors (Lipinski definition) is 2. The Hall–Kier alpha value is -2.20. The molecule has 1 aliphatic carbocycles. The lowest BCUT2D eigenvalue weighted by atomic mass is 10.0. The van der Waals surface area contributed by atoms with Crippen molar-refractivity contribution in [2.24, 2.45) is 5.10 Å². The minimum atomic E-state index is 0.525. The SMILES string of the molecule is S=C(NN=C(c1ccccc1)c1ccccc1)NC1CC1. The van der Waals surface area contributed by atoms with Crippen LogP contribution in [0.5, 0.6) is 0 Å². The van der Waals surface area contributed by atoms with E-state index in [2.05, 4.69) is 15.8 Å². The maximum atomic E-state index is 5.26. The largest absolute Gasteiger partial charge is 0.359 e. The summed E-state index contributed by atoms with van der Waals surface area (Å²) in [4.78, 5) is 0. The van der Waals surface area contributed by atoms with E-state index in [9.17, 15) is 0 Å². The van der Waals surface area contributed by atoms with Gasteiger partial charge in [-0.15, -0.1) is 0 Å². The first-order chi connectivity index (χ1) is 10.3. The molecule has 2 aromatic carbocycles. The second-order valence-electron chi connectivity index (χ2n) is 5.05. The van der Waals surface area contributed by atoms with E-state index in [4.69, 9.17) is 12.2 Å². The van der Waals surface area contributed by atoms with E-state index in [-0.39, 0.29) is 0 Å². The molecule has 4 heteroatoms. The summed E-state index contributed by atoms with van der Waals surface area (Å²) in [6, 6.07) is 20.7. The highest BCUT2D eigenvalue weighted by Crippen LogP contribution is 2.18. The van der Waals surface area contributed by atoms with Crippen LogP contribution < -0.4 is 10.7 Å². The van der Waals surface area contributed by atoms with Gasteiger partial charge in [-0.2, -0.15) is 5.10 Å². The molecular weight excluding hydrogens is 278 g/mol. The van der Waals surface area contributed by atoms with Gasteiger partial charge in [0.25, 0.3) is 0 Å². The summed E-state index contributed by atoms with van der Waals surface area (Å²) >= 11 is 5.26.